The average molecular weight is 320 g/mol. The summed E-state index contributed by atoms with van der Waals surface area (Å²) < 4.78 is 4.16. The summed E-state index contributed by atoms with van der Waals surface area (Å²) in [5.74, 6) is 0. The number of nitrogens with one attached hydrogen (secondary N) is 1. The van der Waals surface area contributed by atoms with Gasteiger partial charge in [0.15, 0.2) is 4.77 Å². The molecule has 1 N–H and O–H groups in total. The Morgan fingerprint density at radius 2 is 2.19 bits per heavy atom. The van der Waals surface area contributed by atoms with Crippen LogP contribution in [0.3, 0.4) is 0 Å². The molecule has 0 aromatic carbocycles. The van der Waals surface area contributed by atoms with Crippen molar-refractivity contribution in [3.05, 3.63) is 44.3 Å². The molecule has 0 amide bonds. The first-order valence-corrected chi connectivity index (χ1v) is 7.99. The molecule has 5 nitrogen and oxygen atoms in total. The molecule has 3 aromatic rings. The number of imidazole rings is 1. The van der Waals surface area contributed by atoms with E-state index in [2.05, 4.69) is 9.97 Å². The number of thiophene rings is 1. The monoisotopic (exact) mass is 320 g/mol. The van der Waals surface area contributed by atoms with Crippen LogP contribution in [-0.2, 0) is 13.1 Å². The van der Waals surface area contributed by atoms with E-state index >= 15 is 0 Å². The summed E-state index contributed by atoms with van der Waals surface area (Å²) >= 11 is 6.92. The number of hydrogen-bond donors (Lipinski definition) is 1. The Balaban J connectivity index is 1.93. The molecule has 0 aliphatic carbocycles. The molecule has 0 fully saturated rings. The third kappa shape index (κ3) is 2.58. The zero-order valence-electron chi connectivity index (χ0n) is 11.9. The normalized spacial score (nSPS) is 11.3. The number of hydrogen-bond acceptors (Lipinski definition) is 4. The highest BCUT2D eigenvalue weighted by atomic mass is 32.1. The van der Waals surface area contributed by atoms with E-state index in [0.717, 1.165) is 33.6 Å². The molecule has 3 aromatic heterocycles. The van der Waals surface area contributed by atoms with Gasteiger partial charge in [-0.3, -0.25) is 9.36 Å². The first-order chi connectivity index (χ1) is 10.1. The molecule has 0 saturated heterocycles. The number of H-pyrrole nitrogens is 1. The van der Waals surface area contributed by atoms with E-state index in [9.17, 15) is 4.79 Å². The molecule has 0 aliphatic rings. The maximum absolute atomic E-state index is 12.6. The smallest absolute Gasteiger partial charge is 0.263 e. The lowest BCUT2D eigenvalue weighted by molar-refractivity contribution is 0.546. The van der Waals surface area contributed by atoms with Crippen LogP contribution in [0.25, 0.3) is 10.2 Å². The van der Waals surface area contributed by atoms with Gasteiger partial charge in [0.1, 0.15) is 4.83 Å². The van der Waals surface area contributed by atoms with Crippen LogP contribution in [0.4, 0.5) is 0 Å². The van der Waals surface area contributed by atoms with E-state index in [1.54, 1.807) is 28.4 Å². The molecule has 7 heteroatoms. The van der Waals surface area contributed by atoms with Gasteiger partial charge in [-0.05, 0) is 38.0 Å². The maximum atomic E-state index is 12.6. The number of aromatic nitrogens is 4. The Hall–Kier alpha value is -1.73. The van der Waals surface area contributed by atoms with Gasteiger partial charge in [-0.2, -0.15) is 0 Å². The fourth-order valence-electron chi connectivity index (χ4n) is 2.40. The third-order valence-electron chi connectivity index (χ3n) is 3.67. The maximum Gasteiger partial charge on any atom is 0.263 e. The second-order valence-electron chi connectivity index (χ2n) is 5.03. The molecular weight excluding hydrogens is 304 g/mol. The molecular formula is C14H16N4OS2. The predicted octanol–water partition coefficient (Wildman–Crippen LogP) is 3.02. The van der Waals surface area contributed by atoms with Crippen LogP contribution in [0.15, 0.2) is 23.5 Å². The average Bonchev–Trinajstić information content (AvgIpc) is 3.03. The Labute approximate surface area is 130 Å². The molecule has 0 unspecified atom stereocenters. The molecule has 0 radical (unpaired) electrons. The van der Waals surface area contributed by atoms with E-state index < -0.39 is 0 Å². The van der Waals surface area contributed by atoms with Crippen LogP contribution in [0.2, 0.25) is 0 Å². The summed E-state index contributed by atoms with van der Waals surface area (Å²) in [7, 11) is 0. The van der Waals surface area contributed by atoms with Gasteiger partial charge in [-0.15, -0.1) is 11.3 Å². The van der Waals surface area contributed by atoms with E-state index in [1.165, 1.54) is 0 Å². The molecule has 110 valence electrons. The quantitative estimate of drug-likeness (QED) is 0.752. The van der Waals surface area contributed by atoms with Crippen LogP contribution >= 0.6 is 23.6 Å². The minimum absolute atomic E-state index is 0.0150. The zero-order chi connectivity index (χ0) is 15.0. The summed E-state index contributed by atoms with van der Waals surface area (Å²) in [6.07, 6.45) is 6.28. The molecule has 21 heavy (non-hydrogen) atoms. The van der Waals surface area contributed by atoms with E-state index in [1.807, 2.05) is 24.6 Å². The lowest BCUT2D eigenvalue weighted by atomic mass is 10.2. The molecule has 0 aliphatic heterocycles. The molecule has 0 spiro atoms. The summed E-state index contributed by atoms with van der Waals surface area (Å²) in [6, 6.07) is 0. The molecule has 0 atom stereocenters. The minimum atomic E-state index is 0.0150. The summed E-state index contributed by atoms with van der Waals surface area (Å²) in [4.78, 5) is 21.9. The van der Waals surface area contributed by atoms with Crippen molar-refractivity contribution in [2.24, 2.45) is 0 Å². The lowest BCUT2D eigenvalue weighted by Crippen LogP contribution is -2.22. The summed E-state index contributed by atoms with van der Waals surface area (Å²) in [6.45, 7) is 5.44. The lowest BCUT2D eigenvalue weighted by Gasteiger charge is -2.07. The van der Waals surface area contributed by atoms with Crippen molar-refractivity contribution in [1.82, 2.24) is 19.1 Å². The first-order valence-electron chi connectivity index (χ1n) is 6.76. The van der Waals surface area contributed by atoms with Crippen LogP contribution in [0, 0.1) is 18.6 Å². The van der Waals surface area contributed by atoms with Gasteiger partial charge in [0.25, 0.3) is 5.56 Å². The third-order valence-corrected chi connectivity index (χ3v) is 5.11. The van der Waals surface area contributed by atoms with E-state index in [0.29, 0.717) is 11.3 Å². The Morgan fingerprint density at radius 3 is 2.90 bits per heavy atom. The molecule has 3 rings (SSSR count). The van der Waals surface area contributed by atoms with Gasteiger partial charge in [0.2, 0.25) is 0 Å². The largest absolute Gasteiger partial charge is 0.337 e. The van der Waals surface area contributed by atoms with Gasteiger partial charge in [0, 0.05) is 30.4 Å². The second-order valence-corrected chi connectivity index (χ2v) is 6.64. The SMILES string of the molecule is Cc1sc2[nH]c(=S)n(CCCn3ccnc3)c(=O)c2c1C. The summed E-state index contributed by atoms with van der Waals surface area (Å²) in [5, 5.41) is 0.772. The zero-order valence-corrected chi connectivity index (χ0v) is 13.6. The number of rotatable bonds is 4. The van der Waals surface area contributed by atoms with Crippen molar-refractivity contribution in [3.63, 3.8) is 0 Å². The highest BCUT2D eigenvalue weighted by Gasteiger charge is 2.12. The topological polar surface area (TPSA) is 55.6 Å². The minimum Gasteiger partial charge on any atom is -0.337 e. The van der Waals surface area contributed by atoms with Crippen molar-refractivity contribution in [3.8, 4) is 0 Å². The molecule has 0 saturated carbocycles. The number of aromatic amines is 1. The van der Waals surface area contributed by atoms with Crippen molar-refractivity contribution < 1.29 is 0 Å². The first kappa shape index (κ1) is 14.2. The highest BCUT2D eigenvalue weighted by molar-refractivity contribution is 7.71. The fourth-order valence-corrected chi connectivity index (χ4v) is 3.79. The van der Waals surface area contributed by atoms with E-state index in [4.69, 9.17) is 12.2 Å². The van der Waals surface area contributed by atoms with Crippen LogP contribution in [0.5, 0.6) is 0 Å². The van der Waals surface area contributed by atoms with Gasteiger partial charge < -0.3 is 9.55 Å². The second kappa shape index (κ2) is 5.57. The Morgan fingerprint density at radius 1 is 1.38 bits per heavy atom. The van der Waals surface area contributed by atoms with Gasteiger partial charge in [-0.1, -0.05) is 0 Å². The molecule has 3 heterocycles. The van der Waals surface area contributed by atoms with Crippen LogP contribution in [0.1, 0.15) is 16.9 Å². The number of nitrogens with zero attached hydrogens (tertiary/aromatic N) is 3. The number of fused-ring (bicyclic) bond motifs is 1. The van der Waals surface area contributed by atoms with Gasteiger partial charge >= 0.3 is 0 Å². The van der Waals surface area contributed by atoms with Crippen molar-refractivity contribution in [2.75, 3.05) is 0 Å². The number of aryl methyl sites for hydroxylation is 3. The van der Waals surface area contributed by atoms with Gasteiger partial charge in [0.05, 0.1) is 11.7 Å². The summed E-state index contributed by atoms with van der Waals surface area (Å²) in [5.41, 5.74) is 1.07. The van der Waals surface area contributed by atoms with Gasteiger partial charge in [-0.25, -0.2) is 4.98 Å². The highest BCUT2D eigenvalue weighted by Crippen LogP contribution is 2.25. The fraction of sp³-hybridized carbons (Fsp3) is 0.357. The predicted molar refractivity (Wildman–Crippen MR) is 87.6 cm³/mol. The Kier molecular flexibility index (Phi) is 3.77. The molecule has 0 bridgehead atoms. The van der Waals surface area contributed by atoms with Crippen molar-refractivity contribution in [1.29, 1.82) is 0 Å². The van der Waals surface area contributed by atoms with Crippen LogP contribution in [-0.4, -0.2) is 19.1 Å². The Bertz CT molecular complexity index is 886. The van der Waals surface area contributed by atoms with Crippen LogP contribution < -0.4 is 5.56 Å². The van der Waals surface area contributed by atoms with Crippen molar-refractivity contribution >= 4 is 33.8 Å². The van der Waals surface area contributed by atoms with Crippen molar-refractivity contribution in [2.45, 2.75) is 33.4 Å². The van der Waals surface area contributed by atoms with E-state index in [-0.39, 0.29) is 5.56 Å². The standard InChI is InChI=1S/C14H16N4OS2/c1-9-10(2)21-12-11(9)13(19)18(14(20)16-12)6-3-5-17-7-4-15-8-17/h4,7-8H,3,5-6H2,1-2H3,(H,16,20).